The maximum absolute atomic E-state index is 14.0. The van der Waals surface area contributed by atoms with Gasteiger partial charge < -0.3 is 9.30 Å². The fourth-order valence-electron chi connectivity index (χ4n) is 3.24. The molecule has 0 aliphatic carbocycles. The molecule has 0 saturated carbocycles. The van der Waals surface area contributed by atoms with Gasteiger partial charge in [0, 0.05) is 33.9 Å². The van der Waals surface area contributed by atoms with Crippen LogP contribution in [0, 0.1) is 12.7 Å². The monoisotopic (exact) mass is 389 g/mol. The van der Waals surface area contributed by atoms with Crippen molar-refractivity contribution in [1.29, 1.82) is 0 Å². The fourth-order valence-corrected chi connectivity index (χ4v) is 3.69. The Morgan fingerprint density at radius 3 is 2.92 bits per heavy atom. The number of fused-ring (bicyclic) bond motifs is 1. The van der Waals surface area contributed by atoms with Gasteiger partial charge in [0.05, 0.1) is 12.0 Å². The number of hydrogen-bond donors (Lipinski definition) is 0. The standard InChI is InChI=1S/C18H17BrFN3O/c1-11-17(22-10-23(11)16-4-2-3-5-24-16)13-6-12-7-14(19)8-15(20)18(12)21-9-13/h6-10,16H,2-5H2,1H3. The molecule has 1 saturated heterocycles. The van der Waals surface area contributed by atoms with Gasteiger partial charge in [0.2, 0.25) is 0 Å². The lowest BCUT2D eigenvalue weighted by molar-refractivity contribution is -0.0330. The lowest BCUT2D eigenvalue weighted by atomic mass is 10.1. The van der Waals surface area contributed by atoms with Gasteiger partial charge in [-0.1, -0.05) is 15.9 Å². The first-order chi connectivity index (χ1) is 11.6. The summed E-state index contributed by atoms with van der Waals surface area (Å²) in [6.07, 6.45) is 6.85. The van der Waals surface area contributed by atoms with Crippen LogP contribution in [0.3, 0.4) is 0 Å². The summed E-state index contributed by atoms with van der Waals surface area (Å²) in [5.74, 6) is -0.330. The molecule has 0 N–H and O–H groups in total. The maximum Gasteiger partial charge on any atom is 0.150 e. The first-order valence-electron chi connectivity index (χ1n) is 8.03. The third-order valence-electron chi connectivity index (χ3n) is 4.48. The highest BCUT2D eigenvalue weighted by Gasteiger charge is 2.20. The summed E-state index contributed by atoms with van der Waals surface area (Å²) in [7, 11) is 0. The van der Waals surface area contributed by atoms with Gasteiger partial charge in [-0.05, 0) is 44.4 Å². The highest BCUT2D eigenvalue weighted by molar-refractivity contribution is 9.10. The zero-order valence-corrected chi connectivity index (χ0v) is 14.9. The molecule has 3 heterocycles. The van der Waals surface area contributed by atoms with Crippen molar-refractivity contribution in [3.63, 3.8) is 0 Å². The largest absolute Gasteiger partial charge is 0.358 e. The van der Waals surface area contributed by atoms with E-state index < -0.39 is 0 Å². The summed E-state index contributed by atoms with van der Waals surface area (Å²) in [5, 5.41) is 0.752. The minimum absolute atomic E-state index is 0.0556. The second-order valence-corrected chi connectivity index (χ2v) is 7.01. The van der Waals surface area contributed by atoms with Crippen molar-refractivity contribution in [2.75, 3.05) is 6.61 Å². The third-order valence-corrected chi connectivity index (χ3v) is 4.94. The van der Waals surface area contributed by atoms with Crippen molar-refractivity contribution < 1.29 is 9.13 Å². The predicted molar refractivity (Wildman–Crippen MR) is 94.2 cm³/mol. The van der Waals surface area contributed by atoms with Gasteiger partial charge in [-0.25, -0.2) is 9.37 Å². The Bertz CT molecular complexity index is 903. The van der Waals surface area contributed by atoms with Crippen molar-refractivity contribution >= 4 is 26.8 Å². The predicted octanol–water partition coefficient (Wildman–Crippen LogP) is 5.01. The Kier molecular flexibility index (Phi) is 4.10. The lowest BCUT2D eigenvalue weighted by Crippen LogP contribution is -2.18. The van der Waals surface area contributed by atoms with Gasteiger partial charge in [0.25, 0.3) is 0 Å². The molecule has 0 amide bonds. The van der Waals surface area contributed by atoms with Gasteiger partial charge in [-0.3, -0.25) is 4.98 Å². The van der Waals surface area contributed by atoms with Crippen LogP contribution in [0.2, 0.25) is 0 Å². The Hall–Kier alpha value is -1.79. The van der Waals surface area contributed by atoms with E-state index in [9.17, 15) is 4.39 Å². The third kappa shape index (κ3) is 2.74. The molecule has 24 heavy (non-hydrogen) atoms. The normalized spacial score (nSPS) is 18.2. The summed E-state index contributed by atoms with van der Waals surface area (Å²) in [6, 6.07) is 5.22. The van der Waals surface area contributed by atoms with Crippen LogP contribution in [0.5, 0.6) is 0 Å². The molecule has 0 spiro atoms. The first-order valence-corrected chi connectivity index (χ1v) is 8.83. The van der Waals surface area contributed by atoms with Crippen LogP contribution in [0.4, 0.5) is 4.39 Å². The number of ether oxygens (including phenoxy) is 1. The van der Waals surface area contributed by atoms with Crippen LogP contribution >= 0.6 is 15.9 Å². The minimum atomic E-state index is -0.330. The molecule has 4 rings (SSSR count). The molecule has 3 aromatic rings. The average molecular weight is 390 g/mol. The molecular weight excluding hydrogens is 373 g/mol. The Morgan fingerprint density at radius 2 is 2.12 bits per heavy atom. The minimum Gasteiger partial charge on any atom is -0.358 e. The topological polar surface area (TPSA) is 39.9 Å². The van der Waals surface area contributed by atoms with Crippen molar-refractivity contribution in [2.24, 2.45) is 0 Å². The van der Waals surface area contributed by atoms with Crippen LogP contribution in [-0.2, 0) is 4.74 Å². The summed E-state index contributed by atoms with van der Waals surface area (Å²) < 4.78 is 22.6. The molecule has 124 valence electrons. The Morgan fingerprint density at radius 1 is 1.25 bits per heavy atom. The second kappa shape index (κ2) is 6.26. The molecule has 6 heteroatoms. The summed E-state index contributed by atoms with van der Waals surface area (Å²) >= 11 is 3.33. The van der Waals surface area contributed by atoms with E-state index in [0.717, 1.165) is 41.8 Å². The zero-order chi connectivity index (χ0) is 16.7. The molecule has 1 atom stereocenters. The highest BCUT2D eigenvalue weighted by atomic mass is 79.9. The van der Waals surface area contributed by atoms with Gasteiger partial charge >= 0.3 is 0 Å². The molecule has 0 radical (unpaired) electrons. The summed E-state index contributed by atoms with van der Waals surface area (Å²) in [5.41, 5.74) is 3.15. The van der Waals surface area contributed by atoms with Crippen LogP contribution < -0.4 is 0 Å². The van der Waals surface area contributed by atoms with Gasteiger partial charge in [-0.2, -0.15) is 0 Å². The summed E-state index contributed by atoms with van der Waals surface area (Å²) in [6.45, 7) is 2.83. The van der Waals surface area contributed by atoms with Gasteiger partial charge in [0.1, 0.15) is 11.7 Å². The number of rotatable bonds is 2. The van der Waals surface area contributed by atoms with E-state index in [4.69, 9.17) is 4.74 Å². The number of aromatic nitrogens is 3. The van der Waals surface area contributed by atoms with Crippen molar-refractivity contribution in [3.05, 3.63) is 46.7 Å². The molecule has 2 aromatic heterocycles. The van der Waals surface area contributed by atoms with E-state index in [1.54, 1.807) is 6.20 Å². The highest BCUT2D eigenvalue weighted by Crippen LogP contribution is 2.30. The molecule has 1 aliphatic rings. The number of benzene rings is 1. The van der Waals surface area contributed by atoms with Gasteiger partial charge in [0.15, 0.2) is 5.82 Å². The Balaban J connectivity index is 1.76. The van der Waals surface area contributed by atoms with Crippen molar-refractivity contribution in [3.8, 4) is 11.3 Å². The molecule has 1 unspecified atom stereocenters. The quantitative estimate of drug-likeness (QED) is 0.618. The second-order valence-electron chi connectivity index (χ2n) is 6.09. The zero-order valence-electron chi connectivity index (χ0n) is 13.3. The number of pyridine rings is 1. The molecule has 1 aromatic carbocycles. The van der Waals surface area contributed by atoms with Crippen LogP contribution in [-0.4, -0.2) is 21.1 Å². The van der Waals surface area contributed by atoms with Crippen molar-refractivity contribution in [1.82, 2.24) is 14.5 Å². The lowest BCUT2D eigenvalue weighted by Gasteiger charge is -2.24. The molecular formula is C18H17BrFN3O. The fraction of sp³-hybridized carbons (Fsp3) is 0.333. The van der Waals surface area contributed by atoms with E-state index in [1.807, 2.05) is 25.4 Å². The number of imidazole rings is 1. The van der Waals surface area contributed by atoms with E-state index in [0.29, 0.717) is 9.99 Å². The van der Waals surface area contributed by atoms with Crippen LogP contribution in [0.15, 0.2) is 35.2 Å². The molecule has 0 bridgehead atoms. The molecule has 1 fully saturated rings. The first kappa shape index (κ1) is 15.7. The summed E-state index contributed by atoms with van der Waals surface area (Å²) in [4.78, 5) is 8.84. The van der Waals surface area contributed by atoms with E-state index in [2.05, 4.69) is 30.5 Å². The smallest absolute Gasteiger partial charge is 0.150 e. The van der Waals surface area contributed by atoms with Gasteiger partial charge in [-0.15, -0.1) is 0 Å². The van der Waals surface area contributed by atoms with E-state index in [1.165, 1.54) is 12.5 Å². The van der Waals surface area contributed by atoms with Crippen molar-refractivity contribution in [2.45, 2.75) is 32.4 Å². The number of hydrogen-bond acceptors (Lipinski definition) is 3. The maximum atomic E-state index is 14.0. The SMILES string of the molecule is Cc1c(-c2cnc3c(F)cc(Br)cc3c2)ncn1C1CCCCO1. The van der Waals surface area contributed by atoms with Crippen LogP contribution in [0.1, 0.15) is 31.2 Å². The molecule has 1 aliphatic heterocycles. The number of nitrogens with zero attached hydrogens (tertiary/aromatic N) is 3. The number of halogens is 2. The van der Waals surface area contributed by atoms with E-state index >= 15 is 0 Å². The van der Waals surface area contributed by atoms with Crippen LogP contribution in [0.25, 0.3) is 22.2 Å². The molecule has 4 nitrogen and oxygen atoms in total. The average Bonchev–Trinajstić information content (AvgIpc) is 2.96. The van der Waals surface area contributed by atoms with E-state index in [-0.39, 0.29) is 12.0 Å². The Labute approximate surface area is 147 Å².